The molecule has 3 heteroatoms. The molecule has 2 aromatic carbocycles. The van der Waals surface area contributed by atoms with Crippen molar-refractivity contribution in [2.45, 2.75) is 32.1 Å². The number of ketones is 1. The van der Waals surface area contributed by atoms with Crippen molar-refractivity contribution in [3.63, 3.8) is 0 Å². The van der Waals surface area contributed by atoms with Crippen molar-refractivity contribution in [2.24, 2.45) is 0 Å². The lowest BCUT2D eigenvalue weighted by Crippen LogP contribution is -2.38. The van der Waals surface area contributed by atoms with Crippen molar-refractivity contribution < 1.29 is 4.79 Å². The Morgan fingerprint density at radius 2 is 1.20 bits per heavy atom. The minimum atomic E-state index is -0.152. The average Bonchev–Trinajstić information content (AvgIpc) is 2.50. The number of nitrogens with zero attached hydrogens (tertiary/aromatic N) is 2. The number of carbonyl (C=O) groups excluding carboxylic acids is 1. The lowest BCUT2D eigenvalue weighted by Gasteiger charge is -2.39. The Morgan fingerprint density at radius 3 is 1.56 bits per heavy atom. The zero-order valence-electron chi connectivity index (χ0n) is 15.0. The predicted octanol–water partition coefficient (Wildman–Crippen LogP) is 3.98. The maximum Gasteiger partial charge on any atom is 0.193 e. The minimum Gasteiger partial charge on any atom is -0.371 e. The molecule has 2 heterocycles. The van der Waals surface area contributed by atoms with Gasteiger partial charge in [-0.05, 0) is 60.4 Å². The van der Waals surface area contributed by atoms with Crippen LogP contribution in [0.3, 0.4) is 0 Å². The van der Waals surface area contributed by atoms with Gasteiger partial charge >= 0.3 is 0 Å². The molecule has 0 atom stereocenters. The predicted molar refractivity (Wildman–Crippen MR) is 102 cm³/mol. The molecule has 0 saturated carbocycles. The van der Waals surface area contributed by atoms with Crippen LogP contribution >= 0.6 is 0 Å². The zero-order chi connectivity index (χ0) is 17.2. The molecule has 128 valence electrons. The molecule has 0 unspecified atom stereocenters. The van der Waals surface area contributed by atoms with E-state index in [1.807, 2.05) is 12.1 Å². The molecule has 1 aliphatic carbocycles. The lowest BCUT2D eigenvalue weighted by atomic mass is 9.68. The number of rotatable bonds is 2. The highest BCUT2D eigenvalue weighted by atomic mass is 16.1. The van der Waals surface area contributed by atoms with Crippen LogP contribution in [0.15, 0.2) is 36.4 Å². The Balaban J connectivity index is 1.64. The molecule has 0 aromatic heterocycles. The maximum absolute atomic E-state index is 13.1. The fraction of sp³-hybridized carbons (Fsp3) is 0.409. The molecule has 0 bridgehead atoms. The van der Waals surface area contributed by atoms with E-state index in [1.54, 1.807) is 0 Å². The molecule has 0 amide bonds. The van der Waals surface area contributed by atoms with E-state index in [0.717, 1.165) is 37.3 Å². The van der Waals surface area contributed by atoms with Crippen molar-refractivity contribution in [1.29, 1.82) is 0 Å². The maximum atomic E-state index is 13.1. The Morgan fingerprint density at radius 1 is 0.760 bits per heavy atom. The lowest BCUT2D eigenvalue weighted by molar-refractivity contribution is 0.103. The molecular formula is C22H24N2O. The third-order valence-electron chi connectivity index (χ3n) is 6.28. The molecule has 3 aliphatic rings. The van der Waals surface area contributed by atoms with Crippen LogP contribution in [0, 0.1) is 0 Å². The minimum absolute atomic E-state index is 0.152. The molecular weight excluding hydrogens is 308 g/mol. The van der Waals surface area contributed by atoms with Crippen molar-refractivity contribution in [1.82, 2.24) is 0 Å². The molecule has 3 nitrogen and oxygen atoms in total. The van der Waals surface area contributed by atoms with Crippen molar-refractivity contribution in [3.8, 4) is 0 Å². The molecule has 0 radical (unpaired) electrons. The van der Waals surface area contributed by atoms with Gasteiger partial charge in [-0.1, -0.05) is 13.8 Å². The summed E-state index contributed by atoms with van der Waals surface area (Å²) in [6, 6.07) is 12.8. The largest absolute Gasteiger partial charge is 0.371 e. The first kappa shape index (κ1) is 15.0. The van der Waals surface area contributed by atoms with Crippen LogP contribution in [-0.2, 0) is 5.41 Å². The van der Waals surface area contributed by atoms with E-state index in [4.69, 9.17) is 0 Å². The van der Waals surface area contributed by atoms with Gasteiger partial charge in [0, 0.05) is 54.1 Å². The zero-order valence-corrected chi connectivity index (χ0v) is 15.0. The van der Waals surface area contributed by atoms with Gasteiger partial charge in [0.05, 0.1) is 0 Å². The molecule has 2 fully saturated rings. The van der Waals surface area contributed by atoms with Crippen LogP contribution in [0.5, 0.6) is 0 Å². The van der Waals surface area contributed by atoms with Gasteiger partial charge in [0.25, 0.3) is 0 Å². The van der Waals surface area contributed by atoms with Crippen LogP contribution in [0.25, 0.3) is 0 Å². The van der Waals surface area contributed by atoms with Crippen molar-refractivity contribution in [2.75, 3.05) is 36.0 Å². The number of benzene rings is 2. The normalized spacial score (nSPS) is 20.5. The first-order chi connectivity index (χ1) is 12.1. The highest BCUT2D eigenvalue weighted by Gasteiger charge is 2.38. The number of fused-ring (bicyclic) bond motifs is 2. The van der Waals surface area contributed by atoms with Crippen molar-refractivity contribution >= 4 is 17.2 Å². The Hall–Kier alpha value is -2.29. The molecule has 5 rings (SSSR count). The highest BCUT2D eigenvalue weighted by molar-refractivity contribution is 6.13. The van der Waals surface area contributed by atoms with E-state index in [9.17, 15) is 4.79 Å². The monoisotopic (exact) mass is 332 g/mol. The summed E-state index contributed by atoms with van der Waals surface area (Å²) in [5, 5.41) is 0. The third-order valence-corrected chi connectivity index (χ3v) is 6.28. The van der Waals surface area contributed by atoms with E-state index in [1.165, 1.54) is 35.3 Å². The van der Waals surface area contributed by atoms with Crippen LogP contribution < -0.4 is 9.80 Å². The van der Waals surface area contributed by atoms with Crippen LogP contribution in [0.1, 0.15) is 53.7 Å². The summed E-state index contributed by atoms with van der Waals surface area (Å²) in [4.78, 5) is 17.9. The van der Waals surface area contributed by atoms with E-state index >= 15 is 0 Å². The van der Waals surface area contributed by atoms with E-state index in [-0.39, 0.29) is 11.2 Å². The van der Waals surface area contributed by atoms with Gasteiger partial charge in [-0.25, -0.2) is 0 Å². The summed E-state index contributed by atoms with van der Waals surface area (Å²) in [6.45, 7) is 9.03. The number of hydrogen-bond acceptors (Lipinski definition) is 3. The number of carbonyl (C=O) groups is 1. The van der Waals surface area contributed by atoms with Gasteiger partial charge in [0.1, 0.15) is 0 Å². The van der Waals surface area contributed by atoms with Gasteiger partial charge in [0.15, 0.2) is 5.78 Å². The molecule has 25 heavy (non-hydrogen) atoms. The van der Waals surface area contributed by atoms with E-state index < -0.39 is 0 Å². The van der Waals surface area contributed by atoms with Gasteiger partial charge < -0.3 is 9.80 Å². The van der Waals surface area contributed by atoms with Crippen LogP contribution in [0.4, 0.5) is 11.4 Å². The quantitative estimate of drug-likeness (QED) is 0.831. The fourth-order valence-electron chi connectivity index (χ4n) is 4.33. The first-order valence-corrected chi connectivity index (χ1v) is 9.39. The van der Waals surface area contributed by atoms with Crippen LogP contribution in [-0.4, -0.2) is 32.0 Å². The molecule has 2 aliphatic heterocycles. The van der Waals surface area contributed by atoms with Gasteiger partial charge in [-0.2, -0.15) is 0 Å². The summed E-state index contributed by atoms with van der Waals surface area (Å²) >= 11 is 0. The third kappa shape index (κ3) is 2.08. The highest BCUT2D eigenvalue weighted by Crippen LogP contribution is 2.44. The van der Waals surface area contributed by atoms with E-state index in [2.05, 4.69) is 47.9 Å². The summed E-state index contributed by atoms with van der Waals surface area (Å²) in [5.41, 5.74) is 6.46. The molecule has 0 N–H and O–H groups in total. The van der Waals surface area contributed by atoms with Gasteiger partial charge in [0.2, 0.25) is 0 Å². The average molecular weight is 332 g/mol. The first-order valence-electron chi connectivity index (χ1n) is 9.39. The Bertz CT molecular complexity index is 806. The topological polar surface area (TPSA) is 23.6 Å². The second-order valence-corrected chi connectivity index (χ2v) is 8.10. The van der Waals surface area contributed by atoms with Gasteiger partial charge in [-0.3, -0.25) is 4.79 Å². The fourth-order valence-corrected chi connectivity index (χ4v) is 4.33. The summed E-state index contributed by atoms with van der Waals surface area (Å²) in [7, 11) is 0. The van der Waals surface area contributed by atoms with Crippen LogP contribution in [0.2, 0.25) is 0 Å². The molecule has 0 spiro atoms. The Labute approximate surface area is 149 Å². The smallest absolute Gasteiger partial charge is 0.193 e. The van der Waals surface area contributed by atoms with Gasteiger partial charge in [-0.15, -0.1) is 0 Å². The summed E-state index contributed by atoms with van der Waals surface area (Å²) < 4.78 is 0. The van der Waals surface area contributed by atoms with E-state index in [0.29, 0.717) is 0 Å². The second-order valence-electron chi connectivity index (χ2n) is 8.10. The summed E-state index contributed by atoms with van der Waals surface area (Å²) in [5.74, 6) is 0.176. The Kier molecular flexibility index (Phi) is 3.06. The SMILES string of the molecule is CC1(C)c2cc(N3CCC3)ccc2C(=O)c2ccc(N3CCC3)cc21. The second kappa shape index (κ2) is 5.10. The summed E-state index contributed by atoms with van der Waals surface area (Å²) in [6.07, 6.45) is 2.53. The standard InChI is InChI=1S/C22H24N2O/c1-22(2)19-13-15(23-9-3-10-23)5-7-17(19)21(25)18-8-6-16(14-20(18)22)24-11-4-12-24/h5-8,13-14H,3-4,9-12H2,1-2H3. The van der Waals surface area contributed by atoms with Crippen molar-refractivity contribution in [3.05, 3.63) is 58.7 Å². The molecule has 2 aromatic rings. The number of anilines is 2. The number of hydrogen-bond donors (Lipinski definition) is 0. The molecule has 2 saturated heterocycles.